The maximum absolute atomic E-state index is 11.6. The second-order valence-corrected chi connectivity index (χ2v) is 9.08. The van der Waals surface area contributed by atoms with Crippen LogP contribution in [0, 0.1) is 0 Å². The first-order valence-electron chi connectivity index (χ1n) is 9.30. The quantitative estimate of drug-likeness (QED) is 0.303. The van der Waals surface area contributed by atoms with E-state index in [-0.39, 0.29) is 4.90 Å². The van der Waals surface area contributed by atoms with Crippen molar-refractivity contribution in [3.8, 4) is 5.75 Å². The van der Waals surface area contributed by atoms with Crippen LogP contribution in [0.4, 0.5) is 0 Å². The average molecular weight is 450 g/mol. The Balaban J connectivity index is 1.67. The largest absolute Gasteiger partial charge is 0.493 e. The molecule has 3 aromatic rings. The highest BCUT2D eigenvalue weighted by Crippen LogP contribution is 2.26. The number of hydrogen-bond donors (Lipinski definition) is 1. The third kappa shape index (κ3) is 5.13. The highest BCUT2D eigenvalue weighted by molar-refractivity contribution is 7.99. The minimum Gasteiger partial charge on any atom is -0.493 e. The molecule has 2 aromatic carbocycles. The molecule has 8 nitrogen and oxygen atoms in total. The van der Waals surface area contributed by atoms with Crippen LogP contribution in [-0.2, 0) is 21.3 Å². The predicted molar refractivity (Wildman–Crippen MR) is 115 cm³/mol. The summed E-state index contributed by atoms with van der Waals surface area (Å²) >= 11 is 1.53. The molecule has 0 aliphatic rings. The van der Waals surface area contributed by atoms with Gasteiger partial charge in [-0.1, -0.05) is 18.7 Å². The lowest BCUT2D eigenvalue weighted by molar-refractivity contribution is 0.0600. The number of aromatic nitrogens is 2. The van der Waals surface area contributed by atoms with Crippen LogP contribution in [0.2, 0.25) is 0 Å². The molecule has 0 bridgehead atoms. The van der Waals surface area contributed by atoms with E-state index >= 15 is 0 Å². The molecule has 3 rings (SSSR count). The molecule has 0 amide bonds. The van der Waals surface area contributed by atoms with E-state index in [1.807, 2.05) is 0 Å². The van der Waals surface area contributed by atoms with Crippen LogP contribution in [0.25, 0.3) is 11.0 Å². The summed E-state index contributed by atoms with van der Waals surface area (Å²) in [5, 5.41) is 6.02. The standard InChI is InChI=1S/C20H23N3O5S2/c1-3-10-23-18-9-8-16(30(21,25)26)13-17(18)22-20(23)29-12-11-28-15-6-4-14(5-7-15)19(24)27-2/h4-9,13H,3,10-12H2,1-2H3,(H2,21,25,26). The zero-order valence-corrected chi connectivity index (χ0v) is 18.3. The number of ether oxygens (including phenoxy) is 2. The van der Waals surface area contributed by atoms with E-state index in [0.29, 0.717) is 29.2 Å². The van der Waals surface area contributed by atoms with Gasteiger partial charge in [0.25, 0.3) is 0 Å². The topological polar surface area (TPSA) is 114 Å². The summed E-state index contributed by atoms with van der Waals surface area (Å²) in [4.78, 5) is 16.1. The summed E-state index contributed by atoms with van der Waals surface area (Å²) in [5.74, 6) is 0.911. The molecule has 1 heterocycles. The Morgan fingerprint density at radius 3 is 2.57 bits per heavy atom. The van der Waals surface area contributed by atoms with E-state index in [9.17, 15) is 13.2 Å². The number of imidazole rings is 1. The van der Waals surface area contributed by atoms with Crippen LogP contribution in [0.1, 0.15) is 23.7 Å². The number of hydrogen-bond acceptors (Lipinski definition) is 7. The number of nitrogens with two attached hydrogens (primary N) is 1. The molecule has 1 aromatic heterocycles. The fraction of sp³-hybridized carbons (Fsp3) is 0.300. The van der Waals surface area contributed by atoms with E-state index < -0.39 is 16.0 Å². The number of primary sulfonamides is 1. The van der Waals surface area contributed by atoms with Gasteiger partial charge < -0.3 is 14.0 Å². The summed E-state index contributed by atoms with van der Waals surface area (Å²) in [6.45, 7) is 3.28. The van der Waals surface area contributed by atoms with Crippen LogP contribution < -0.4 is 9.88 Å². The minimum absolute atomic E-state index is 0.0476. The van der Waals surface area contributed by atoms with Crippen molar-refractivity contribution in [2.75, 3.05) is 19.5 Å². The third-order valence-electron chi connectivity index (χ3n) is 4.32. The Labute approximate surface area is 179 Å². The van der Waals surface area contributed by atoms with Crippen molar-refractivity contribution in [1.29, 1.82) is 0 Å². The number of carbonyl (C=O) groups is 1. The van der Waals surface area contributed by atoms with Crippen LogP contribution >= 0.6 is 11.8 Å². The number of carbonyl (C=O) groups excluding carboxylic acids is 1. The maximum Gasteiger partial charge on any atom is 0.337 e. The lowest BCUT2D eigenvalue weighted by Gasteiger charge is -2.09. The van der Waals surface area contributed by atoms with E-state index in [2.05, 4.69) is 21.2 Å². The van der Waals surface area contributed by atoms with E-state index in [1.54, 1.807) is 30.3 Å². The number of methoxy groups -OCH3 is 1. The fourth-order valence-corrected chi connectivity index (χ4v) is 4.30. The highest BCUT2D eigenvalue weighted by atomic mass is 32.2. The Hall–Kier alpha value is -2.56. The van der Waals surface area contributed by atoms with Gasteiger partial charge >= 0.3 is 5.97 Å². The number of esters is 1. The Bertz CT molecular complexity index is 1140. The van der Waals surface area contributed by atoms with Crippen molar-refractivity contribution in [2.24, 2.45) is 5.14 Å². The number of sulfonamides is 1. The molecule has 2 N–H and O–H groups in total. The van der Waals surface area contributed by atoms with Gasteiger partial charge in [-0.2, -0.15) is 0 Å². The predicted octanol–water partition coefficient (Wildman–Crippen LogP) is 3.05. The van der Waals surface area contributed by atoms with Crippen molar-refractivity contribution in [3.05, 3.63) is 48.0 Å². The number of aryl methyl sites for hydroxylation is 1. The van der Waals surface area contributed by atoms with Crippen molar-refractivity contribution < 1.29 is 22.7 Å². The first-order chi connectivity index (χ1) is 14.3. The van der Waals surface area contributed by atoms with E-state index in [1.165, 1.54) is 31.0 Å². The van der Waals surface area contributed by atoms with Crippen molar-refractivity contribution in [1.82, 2.24) is 9.55 Å². The third-order valence-corrected chi connectivity index (χ3v) is 6.17. The van der Waals surface area contributed by atoms with Gasteiger partial charge in [-0.05, 0) is 48.9 Å². The van der Waals surface area contributed by atoms with Gasteiger partial charge in [0.05, 0.1) is 35.2 Å². The van der Waals surface area contributed by atoms with Gasteiger partial charge in [0.2, 0.25) is 10.0 Å². The number of nitrogens with zero attached hydrogens (tertiary/aromatic N) is 2. The Morgan fingerprint density at radius 1 is 1.20 bits per heavy atom. The smallest absolute Gasteiger partial charge is 0.337 e. The maximum atomic E-state index is 11.6. The van der Waals surface area contributed by atoms with Crippen LogP contribution in [0.15, 0.2) is 52.5 Å². The van der Waals surface area contributed by atoms with Crippen LogP contribution in [0.5, 0.6) is 5.75 Å². The SMILES string of the molecule is CCCn1c(SCCOc2ccc(C(=O)OC)cc2)nc2cc(S(N)(=O)=O)ccc21. The van der Waals surface area contributed by atoms with Crippen molar-refractivity contribution in [3.63, 3.8) is 0 Å². The summed E-state index contributed by atoms with van der Waals surface area (Å²) in [6.07, 6.45) is 0.916. The zero-order valence-electron chi connectivity index (χ0n) is 16.7. The fourth-order valence-electron chi connectivity index (χ4n) is 2.91. The second kappa shape index (κ2) is 9.50. The second-order valence-electron chi connectivity index (χ2n) is 6.45. The summed E-state index contributed by atoms with van der Waals surface area (Å²) < 4.78 is 35.7. The van der Waals surface area contributed by atoms with Gasteiger partial charge in [0.1, 0.15) is 5.75 Å². The van der Waals surface area contributed by atoms with Crippen molar-refractivity contribution >= 4 is 38.8 Å². The molecule has 30 heavy (non-hydrogen) atoms. The molecule has 0 unspecified atom stereocenters. The molecular weight excluding hydrogens is 426 g/mol. The number of rotatable bonds is 9. The molecule has 160 valence electrons. The van der Waals surface area contributed by atoms with Gasteiger partial charge in [-0.15, -0.1) is 0 Å². The number of benzene rings is 2. The highest BCUT2D eigenvalue weighted by Gasteiger charge is 2.15. The molecule has 0 atom stereocenters. The lowest BCUT2D eigenvalue weighted by atomic mass is 10.2. The van der Waals surface area contributed by atoms with Gasteiger partial charge in [-0.25, -0.2) is 23.3 Å². The molecule has 10 heteroatoms. The molecule has 0 radical (unpaired) electrons. The van der Waals surface area contributed by atoms with E-state index in [0.717, 1.165) is 23.6 Å². The molecule has 0 fully saturated rings. The summed E-state index contributed by atoms with van der Waals surface area (Å²) in [5.41, 5.74) is 1.93. The Kier molecular flexibility index (Phi) is 7.01. The molecular formula is C20H23N3O5S2. The molecule has 0 spiro atoms. The van der Waals surface area contributed by atoms with Gasteiger partial charge in [0.15, 0.2) is 5.16 Å². The van der Waals surface area contributed by atoms with Gasteiger partial charge in [-0.3, -0.25) is 0 Å². The van der Waals surface area contributed by atoms with Gasteiger partial charge in [0, 0.05) is 12.3 Å². The first kappa shape index (κ1) is 22.1. The number of fused-ring (bicyclic) bond motifs is 1. The van der Waals surface area contributed by atoms with Crippen LogP contribution in [-0.4, -0.2) is 43.4 Å². The summed E-state index contributed by atoms with van der Waals surface area (Å²) in [6, 6.07) is 11.5. The molecule has 0 saturated carbocycles. The van der Waals surface area contributed by atoms with Crippen LogP contribution in [0.3, 0.4) is 0 Å². The number of thioether (sulfide) groups is 1. The molecule has 0 aliphatic carbocycles. The zero-order chi connectivity index (χ0) is 21.7. The molecule has 0 aliphatic heterocycles. The normalized spacial score (nSPS) is 11.6. The lowest BCUT2D eigenvalue weighted by Crippen LogP contribution is -2.11. The minimum atomic E-state index is -3.78. The first-order valence-corrected chi connectivity index (χ1v) is 11.8. The average Bonchev–Trinajstić information content (AvgIpc) is 3.07. The van der Waals surface area contributed by atoms with E-state index in [4.69, 9.17) is 9.88 Å². The summed E-state index contributed by atoms with van der Waals surface area (Å²) in [7, 11) is -2.44. The monoisotopic (exact) mass is 449 g/mol. The Morgan fingerprint density at radius 2 is 1.93 bits per heavy atom. The molecule has 0 saturated heterocycles. The van der Waals surface area contributed by atoms with Crippen molar-refractivity contribution in [2.45, 2.75) is 29.9 Å².